The van der Waals surface area contributed by atoms with E-state index in [1.54, 1.807) is 18.2 Å². The summed E-state index contributed by atoms with van der Waals surface area (Å²) in [6.45, 7) is 0.617. The summed E-state index contributed by atoms with van der Waals surface area (Å²) in [6.07, 6.45) is 2.79. The van der Waals surface area contributed by atoms with Gasteiger partial charge in [0.1, 0.15) is 23.3 Å². The molecule has 1 amide bonds. The van der Waals surface area contributed by atoms with Crippen molar-refractivity contribution in [3.63, 3.8) is 0 Å². The Morgan fingerprint density at radius 3 is 2.73 bits per heavy atom. The monoisotopic (exact) mass is 409 g/mol. The van der Waals surface area contributed by atoms with Gasteiger partial charge in [0.2, 0.25) is 0 Å². The van der Waals surface area contributed by atoms with E-state index in [9.17, 15) is 18.4 Å². The zero-order valence-electron chi connectivity index (χ0n) is 15.8. The fourth-order valence-corrected chi connectivity index (χ4v) is 3.12. The van der Waals surface area contributed by atoms with E-state index in [4.69, 9.17) is 0 Å². The SMILES string of the molecule is O=C(NCCn1ncc2c(=O)n(Cc3cccc(F)c3)cnc21)c1ccccc1F. The van der Waals surface area contributed by atoms with E-state index in [1.807, 2.05) is 0 Å². The fourth-order valence-electron chi connectivity index (χ4n) is 3.12. The van der Waals surface area contributed by atoms with Crippen LogP contribution in [-0.2, 0) is 13.1 Å². The Balaban J connectivity index is 1.47. The van der Waals surface area contributed by atoms with Crippen molar-refractivity contribution in [1.29, 1.82) is 0 Å². The Bertz CT molecular complexity index is 1280. The topological polar surface area (TPSA) is 81.8 Å². The Hall–Kier alpha value is -3.88. The van der Waals surface area contributed by atoms with Crippen LogP contribution in [0.15, 0.2) is 65.8 Å². The lowest BCUT2D eigenvalue weighted by atomic mass is 10.2. The summed E-state index contributed by atoms with van der Waals surface area (Å²) in [4.78, 5) is 29.1. The van der Waals surface area contributed by atoms with Gasteiger partial charge in [-0.25, -0.2) is 18.4 Å². The predicted molar refractivity (Wildman–Crippen MR) is 106 cm³/mol. The van der Waals surface area contributed by atoms with Crippen LogP contribution in [0.3, 0.4) is 0 Å². The Kier molecular flexibility index (Phi) is 5.34. The third-order valence-electron chi connectivity index (χ3n) is 4.59. The van der Waals surface area contributed by atoms with Gasteiger partial charge in [0.05, 0.1) is 24.8 Å². The minimum absolute atomic E-state index is 0.0406. The number of carbonyl (C=O) groups is 1. The molecular weight excluding hydrogens is 392 g/mol. The predicted octanol–water partition coefficient (Wildman–Crippen LogP) is 2.35. The largest absolute Gasteiger partial charge is 0.350 e. The van der Waals surface area contributed by atoms with Crippen LogP contribution in [0.2, 0.25) is 0 Å². The van der Waals surface area contributed by atoms with E-state index < -0.39 is 11.7 Å². The van der Waals surface area contributed by atoms with Gasteiger partial charge in [0, 0.05) is 6.54 Å². The van der Waals surface area contributed by atoms with Crippen molar-refractivity contribution in [3.8, 4) is 0 Å². The number of fused-ring (bicyclic) bond motifs is 1. The number of aromatic nitrogens is 4. The molecule has 2 aromatic carbocycles. The van der Waals surface area contributed by atoms with Crippen molar-refractivity contribution in [3.05, 3.63) is 94.2 Å². The lowest BCUT2D eigenvalue weighted by molar-refractivity contribution is 0.0948. The number of hydrogen-bond acceptors (Lipinski definition) is 4. The van der Waals surface area contributed by atoms with Gasteiger partial charge < -0.3 is 5.32 Å². The molecule has 1 N–H and O–H groups in total. The molecular formula is C21H17F2N5O2. The second kappa shape index (κ2) is 8.24. The zero-order chi connectivity index (χ0) is 21.1. The number of carbonyl (C=O) groups excluding carboxylic acids is 1. The zero-order valence-corrected chi connectivity index (χ0v) is 15.8. The van der Waals surface area contributed by atoms with Crippen molar-refractivity contribution >= 4 is 16.9 Å². The van der Waals surface area contributed by atoms with Gasteiger partial charge in [-0.05, 0) is 29.8 Å². The molecule has 4 aromatic rings. The molecule has 0 saturated carbocycles. The van der Waals surface area contributed by atoms with Gasteiger partial charge in [-0.15, -0.1) is 0 Å². The van der Waals surface area contributed by atoms with Gasteiger partial charge in [-0.1, -0.05) is 24.3 Å². The lowest BCUT2D eigenvalue weighted by Gasteiger charge is -2.08. The lowest BCUT2D eigenvalue weighted by Crippen LogP contribution is -2.28. The van der Waals surface area contributed by atoms with Crippen LogP contribution in [0.5, 0.6) is 0 Å². The fraction of sp³-hybridized carbons (Fsp3) is 0.143. The van der Waals surface area contributed by atoms with E-state index in [-0.39, 0.29) is 36.6 Å². The first-order chi connectivity index (χ1) is 14.5. The maximum absolute atomic E-state index is 13.7. The summed E-state index contributed by atoms with van der Waals surface area (Å²) in [7, 11) is 0. The van der Waals surface area contributed by atoms with Crippen LogP contribution in [0.4, 0.5) is 8.78 Å². The highest BCUT2D eigenvalue weighted by Crippen LogP contribution is 2.09. The minimum Gasteiger partial charge on any atom is -0.350 e. The van der Waals surface area contributed by atoms with Crippen LogP contribution >= 0.6 is 0 Å². The highest BCUT2D eigenvalue weighted by Gasteiger charge is 2.13. The number of rotatable bonds is 6. The van der Waals surface area contributed by atoms with E-state index >= 15 is 0 Å². The molecule has 4 rings (SSSR count). The van der Waals surface area contributed by atoms with Gasteiger partial charge in [0.15, 0.2) is 5.65 Å². The molecule has 0 aliphatic heterocycles. The second-order valence-electron chi connectivity index (χ2n) is 6.65. The first-order valence-electron chi connectivity index (χ1n) is 9.21. The summed E-state index contributed by atoms with van der Waals surface area (Å²) >= 11 is 0. The maximum atomic E-state index is 13.7. The van der Waals surface area contributed by atoms with E-state index in [0.29, 0.717) is 16.6 Å². The highest BCUT2D eigenvalue weighted by molar-refractivity contribution is 5.94. The van der Waals surface area contributed by atoms with E-state index in [1.165, 1.54) is 52.1 Å². The van der Waals surface area contributed by atoms with Crippen molar-refractivity contribution in [2.75, 3.05) is 6.54 Å². The van der Waals surface area contributed by atoms with Crippen LogP contribution < -0.4 is 10.9 Å². The van der Waals surface area contributed by atoms with Gasteiger partial charge >= 0.3 is 0 Å². The first-order valence-corrected chi connectivity index (χ1v) is 9.21. The molecule has 0 aliphatic rings. The molecule has 0 aliphatic carbocycles. The summed E-state index contributed by atoms with van der Waals surface area (Å²) in [5.74, 6) is -1.50. The molecule has 0 spiro atoms. The van der Waals surface area contributed by atoms with Crippen molar-refractivity contribution in [2.24, 2.45) is 0 Å². The number of benzene rings is 2. The summed E-state index contributed by atoms with van der Waals surface area (Å²) < 4.78 is 29.9. The van der Waals surface area contributed by atoms with Crippen molar-refractivity contribution in [2.45, 2.75) is 13.1 Å². The first kappa shape index (κ1) is 19.4. The third kappa shape index (κ3) is 3.95. The molecule has 0 bridgehead atoms. The normalized spacial score (nSPS) is 11.0. The molecule has 2 heterocycles. The van der Waals surface area contributed by atoms with Crippen molar-refractivity contribution < 1.29 is 13.6 Å². The Morgan fingerprint density at radius 1 is 1.10 bits per heavy atom. The van der Waals surface area contributed by atoms with Gasteiger partial charge in [-0.3, -0.25) is 14.2 Å². The Labute approximate surface area is 169 Å². The molecule has 9 heteroatoms. The maximum Gasteiger partial charge on any atom is 0.264 e. The molecule has 0 saturated heterocycles. The van der Waals surface area contributed by atoms with E-state index in [2.05, 4.69) is 15.4 Å². The molecule has 0 atom stereocenters. The molecule has 30 heavy (non-hydrogen) atoms. The minimum atomic E-state index is -0.597. The van der Waals surface area contributed by atoms with Crippen LogP contribution in [0.1, 0.15) is 15.9 Å². The van der Waals surface area contributed by atoms with Crippen LogP contribution in [0.25, 0.3) is 11.0 Å². The molecule has 7 nitrogen and oxygen atoms in total. The summed E-state index contributed by atoms with van der Waals surface area (Å²) in [5.41, 5.74) is 0.671. The quantitative estimate of drug-likeness (QED) is 0.530. The number of halogens is 2. The van der Waals surface area contributed by atoms with Crippen LogP contribution in [0, 0.1) is 11.6 Å². The molecule has 0 fully saturated rings. The van der Waals surface area contributed by atoms with Crippen molar-refractivity contribution in [1.82, 2.24) is 24.6 Å². The highest BCUT2D eigenvalue weighted by atomic mass is 19.1. The standard InChI is InChI=1S/C21H17F2N5O2/c22-15-5-3-4-14(10-15)12-27-13-25-19-17(21(27)30)11-26-28(19)9-8-24-20(29)16-6-1-2-7-18(16)23/h1-7,10-11,13H,8-9,12H2,(H,24,29). The molecule has 2 aromatic heterocycles. The third-order valence-corrected chi connectivity index (χ3v) is 4.59. The molecule has 152 valence electrons. The second-order valence-corrected chi connectivity index (χ2v) is 6.65. The number of nitrogens with one attached hydrogen (secondary N) is 1. The average molecular weight is 409 g/mol. The number of amides is 1. The molecule has 0 radical (unpaired) electrons. The van der Waals surface area contributed by atoms with Gasteiger partial charge in [-0.2, -0.15) is 5.10 Å². The smallest absolute Gasteiger partial charge is 0.264 e. The molecule has 0 unspecified atom stereocenters. The summed E-state index contributed by atoms with van der Waals surface area (Å²) in [5, 5.41) is 7.10. The average Bonchev–Trinajstić information content (AvgIpc) is 3.14. The van der Waals surface area contributed by atoms with E-state index in [0.717, 1.165) is 0 Å². The van der Waals surface area contributed by atoms with Crippen LogP contribution in [-0.4, -0.2) is 31.8 Å². The summed E-state index contributed by atoms with van der Waals surface area (Å²) in [6, 6.07) is 11.7. The Morgan fingerprint density at radius 2 is 1.93 bits per heavy atom. The number of nitrogens with zero attached hydrogens (tertiary/aromatic N) is 4. The van der Waals surface area contributed by atoms with Gasteiger partial charge in [0.25, 0.3) is 11.5 Å². The number of hydrogen-bond donors (Lipinski definition) is 1.